The molecule has 5 nitrogen and oxygen atoms in total. The normalized spacial score (nSPS) is 11.1. The van der Waals surface area contributed by atoms with Crippen molar-refractivity contribution in [1.82, 2.24) is 15.0 Å². The Balaban J connectivity index is 1.09. The summed E-state index contributed by atoms with van der Waals surface area (Å²) in [6, 6.07) is 68.0. The Morgan fingerprint density at radius 1 is 0.351 bits per heavy atom. The van der Waals surface area contributed by atoms with Crippen molar-refractivity contribution in [2.24, 2.45) is 0 Å². The molecule has 0 fully saturated rings. The number of nitrogens with zero attached hydrogens (tertiary/aromatic N) is 4. The first-order chi connectivity index (χ1) is 28.2. The van der Waals surface area contributed by atoms with E-state index in [2.05, 4.69) is 97.1 Å². The van der Waals surface area contributed by atoms with Crippen LogP contribution in [0.25, 0.3) is 101 Å². The molecule has 0 unspecified atom stereocenters. The Labute approximate surface area is 329 Å². The van der Waals surface area contributed by atoms with E-state index in [0.29, 0.717) is 23.0 Å². The number of aromatic nitrogens is 3. The highest BCUT2D eigenvalue weighted by molar-refractivity contribution is 6.13. The van der Waals surface area contributed by atoms with Crippen LogP contribution in [0.2, 0.25) is 0 Å². The molecule has 0 saturated heterocycles. The number of hydrogen-bond acceptors (Lipinski definition) is 5. The lowest BCUT2D eigenvalue weighted by Crippen LogP contribution is -2.01. The van der Waals surface area contributed by atoms with Gasteiger partial charge in [0.1, 0.15) is 11.2 Å². The largest absolute Gasteiger partial charge is 0.456 e. The number of rotatable bonds is 7. The average molecular weight is 729 g/mol. The highest BCUT2D eigenvalue weighted by atomic mass is 16.3. The van der Waals surface area contributed by atoms with Crippen LogP contribution in [-0.2, 0) is 0 Å². The number of fused-ring (bicyclic) bond motifs is 3. The lowest BCUT2D eigenvalue weighted by Gasteiger charge is -2.12. The van der Waals surface area contributed by atoms with Gasteiger partial charge in [-0.3, -0.25) is 0 Å². The molecule has 2 aromatic heterocycles. The molecule has 0 spiro atoms. The van der Waals surface area contributed by atoms with E-state index in [-0.39, 0.29) is 0 Å². The second kappa shape index (κ2) is 14.4. The van der Waals surface area contributed by atoms with E-state index in [0.717, 1.165) is 72.0 Å². The van der Waals surface area contributed by atoms with Crippen molar-refractivity contribution in [1.29, 1.82) is 5.26 Å². The zero-order chi connectivity index (χ0) is 38.1. The van der Waals surface area contributed by atoms with Crippen LogP contribution in [0.5, 0.6) is 0 Å². The van der Waals surface area contributed by atoms with Crippen LogP contribution in [0, 0.1) is 11.3 Å². The van der Waals surface area contributed by atoms with Crippen molar-refractivity contribution >= 4 is 21.9 Å². The van der Waals surface area contributed by atoms with Gasteiger partial charge in [-0.15, -0.1) is 0 Å². The van der Waals surface area contributed by atoms with E-state index in [4.69, 9.17) is 19.4 Å². The second-order valence-electron chi connectivity index (χ2n) is 13.9. The van der Waals surface area contributed by atoms with Crippen molar-refractivity contribution in [2.75, 3.05) is 0 Å². The summed E-state index contributed by atoms with van der Waals surface area (Å²) in [5.74, 6) is 1.65. The standard InChI is InChI=1S/C52H32N4O/c53-33-41-16-7-8-17-42(41)37-26-28-39(29-27-37)50-54-51(56-52(55-50)45-19-10-9-18-43(45)36-14-5-2-6-15-36)40-30-31-46-48(32-40)57-47-21-11-20-44(49(46)47)38-24-22-35(23-25-38)34-12-3-1-4-13-34/h1-32H. The molecular weight excluding hydrogens is 697 g/mol. The molecule has 0 radical (unpaired) electrons. The van der Waals surface area contributed by atoms with Crippen LogP contribution < -0.4 is 0 Å². The topological polar surface area (TPSA) is 75.6 Å². The maximum absolute atomic E-state index is 9.73. The maximum Gasteiger partial charge on any atom is 0.164 e. The van der Waals surface area contributed by atoms with Crippen molar-refractivity contribution in [3.63, 3.8) is 0 Å². The highest BCUT2D eigenvalue weighted by Crippen LogP contribution is 2.39. The van der Waals surface area contributed by atoms with Crippen LogP contribution in [0.1, 0.15) is 5.56 Å². The SMILES string of the molecule is N#Cc1ccccc1-c1ccc(-c2nc(-c3ccc4c(c3)oc3cccc(-c5ccc(-c6ccccc6)cc5)c34)nc(-c3ccccc3-c3ccccc3)n2)cc1. The quantitative estimate of drug-likeness (QED) is 0.163. The van der Waals surface area contributed by atoms with E-state index < -0.39 is 0 Å². The van der Waals surface area contributed by atoms with E-state index >= 15 is 0 Å². The molecular formula is C52H32N4O. The number of benzene rings is 8. The summed E-state index contributed by atoms with van der Waals surface area (Å²) < 4.78 is 6.56. The minimum atomic E-state index is 0.538. The fraction of sp³-hybridized carbons (Fsp3) is 0. The molecule has 0 N–H and O–H groups in total. The molecule has 0 aliphatic heterocycles. The van der Waals surface area contributed by atoms with Gasteiger partial charge >= 0.3 is 0 Å². The summed E-state index contributed by atoms with van der Waals surface area (Å²) in [5, 5.41) is 11.8. The lowest BCUT2D eigenvalue weighted by atomic mass is 9.96. The van der Waals surface area contributed by atoms with Gasteiger partial charge in [-0.1, -0.05) is 170 Å². The molecule has 0 atom stereocenters. The summed E-state index contributed by atoms with van der Waals surface area (Å²) in [7, 11) is 0. The fourth-order valence-corrected chi connectivity index (χ4v) is 7.61. The number of furan rings is 1. The maximum atomic E-state index is 9.73. The van der Waals surface area contributed by atoms with Gasteiger partial charge in [-0.25, -0.2) is 15.0 Å². The third kappa shape index (κ3) is 6.32. The summed E-state index contributed by atoms with van der Waals surface area (Å²) in [6.07, 6.45) is 0. The number of nitriles is 1. The van der Waals surface area contributed by atoms with Crippen LogP contribution in [0.4, 0.5) is 0 Å². The predicted octanol–water partition coefficient (Wildman–Crippen LogP) is 13.3. The fourth-order valence-electron chi connectivity index (χ4n) is 7.61. The molecule has 10 rings (SSSR count). The Morgan fingerprint density at radius 3 is 1.56 bits per heavy atom. The Bertz CT molecular complexity index is 3110. The predicted molar refractivity (Wildman–Crippen MR) is 230 cm³/mol. The molecule has 266 valence electrons. The van der Waals surface area contributed by atoms with E-state index in [9.17, 15) is 5.26 Å². The molecule has 10 aromatic rings. The molecule has 0 saturated carbocycles. The van der Waals surface area contributed by atoms with Crippen LogP contribution in [0.15, 0.2) is 199 Å². The van der Waals surface area contributed by atoms with Crippen molar-refractivity contribution in [3.05, 3.63) is 200 Å². The van der Waals surface area contributed by atoms with Gasteiger partial charge in [-0.2, -0.15) is 5.26 Å². The molecule has 57 heavy (non-hydrogen) atoms. The monoisotopic (exact) mass is 728 g/mol. The van der Waals surface area contributed by atoms with Gasteiger partial charge in [0.15, 0.2) is 17.5 Å². The first-order valence-electron chi connectivity index (χ1n) is 18.8. The first-order valence-corrected chi connectivity index (χ1v) is 18.8. The van der Waals surface area contributed by atoms with Gasteiger partial charge in [0.2, 0.25) is 0 Å². The molecule has 0 bridgehead atoms. The Morgan fingerprint density at radius 2 is 0.842 bits per heavy atom. The molecule has 0 aliphatic carbocycles. The summed E-state index contributed by atoms with van der Waals surface area (Å²) in [6.45, 7) is 0. The first kappa shape index (κ1) is 33.6. The zero-order valence-electron chi connectivity index (χ0n) is 30.7. The van der Waals surface area contributed by atoms with Gasteiger partial charge in [0.05, 0.1) is 11.6 Å². The Kier molecular flexibility index (Phi) is 8.48. The average Bonchev–Trinajstić information content (AvgIpc) is 3.68. The van der Waals surface area contributed by atoms with Gasteiger partial charge in [0, 0.05) is 27.5 Å². The minimum absolute atomic E-state index is 0.538. The summed E-state index contributed by atoms with van der Waals surface area (Å²) in [5.41, 5.74) is 13.3. The smallest absolute Gasteiger partial charge is 0.164 e. The van der Waals surface area contributed by atoms with Crippen molar-refractivity contribution < 1.29 is 4.42 Å². The third-order valence-corrected chi connectivity index (χ3v) is 10.4. The van der Waals surface area contributed by atoms with E-state index in [1.54, 1.807) is 0 Å². The zero-order valence-corrected chi connectivity index (χ0v) is 30.7. The van der Waals surface area contributed by atoms with Gasteiger partial charge in [0.25, 0.3) is 0 Å². The summed E-state index contributed by atoms with van der Waals surface area (Å²) >= 11 is 0. The second-order valence-corrected chi connectivity index (χ2v) is 13.9. The molecule has 0 aliphatic rings. The number of hydrogen-bond donors (Lipinski definition) is 0. The summed E-state index contributed by atoms with van der Waals surface area (Å²) in [4.78, 5) is 15.3. The van der Waals surface area contributed by atoms with Crippen molar-refractivity contribution in [3.8, 4) is 84.7 Å². The molecule has 2 heterocycles. The minimum Gasteiger partial charge on any atom is -0.456 e. The third-order valence-electron chi connectivity index (χ3n) is 10.4. The van der Waals surface area contributed by atoms with Gasteiger partial charge < -0.3 is 4.42 Å². The van der Waals surface area contributed by atoms with E-state index in [1.165, 1.54) is 11.1 Å². The molecule has 8 aromatic carbocycles. The van der Waals surface area contributed by atoms with Crippen LogP contribution in [0.3, 0.4) is 0 Å². The molecule has 0 amide bonds. The highest BCUT2D eigenvalue weighted by Gasteiger charge is 2.18. The van der Waals surface area contributed by atoms with Gasteiger partial charge in [-0.05, 0) is 68.8 Å². The van der Waals surface area contributed by atoms with Crippen LogP contribution in [-0.4, -0.2) is 15.0 Å². The Hall–Kier alpha value is -7.94. The van der Waals surface area contributed by atoms with Crippen LogP contribution >= 0.6 is 0 Å². The van der Waals surface area contributed by atoms with Crippen molar-refractivity contribution in [2.45, 2.75) is 0 Å². The lowest BCUT2D eigenvalue weighted by molar-refractivity contribution is 0.669. The van der Waals surface area contributed by atoms with E-state index in [1.807, 2.05) is 103 Å². The molecule has 5 heteroatoms.